The van der Waals surface area contributed by atoms with E-state index in [2.05, 4.69) is 15.2 Å². The second-order valence-corrected chi connectivity index (χ2v) is 7.86. The average molecular weight is 459 g/mol. The zero-order valence-corrected chi connectivity index (χ0v) is 18.0. The molecule has 0 aliphatic carbocycles. The van der Waals surface area contributed by atoms with Crippen molar-refractivity contribution in [3.05, 3.63) is 89.4 Å². The molecule has 1 unspecified atom stereocenters. The van der Waals surface area contributed by atoms with E-state index in [1.165, 1.54) is 12.3 Å². The number of nitrogens with zero attached hydrogens (tertiary/aromatic N) is 3. The summed E-state index contributed by atoms with van der Waals surface area (Å²) in [5.41, 5.74) is 9.21. The van der Waals surface area contributed by atoms with Crippen LogP contribution in [0.1, 0.15) is 22.7 Å². The van der Waals surface area contributed by atoms with Crippen molar-refractivity contribution < 1.29 is 18.3 Å². The van der Waals surface area contributed by atoms with Gasteiger partial charge in [-0.1, -0.05) is 6.07 Å². The maximum atomic E-state index is 15.2. The number of benzene rings is 2. The smallest absolute Gasteiger partial charge is 0.279 e. The number of aryl methyl sites for hydroxylation is 1. The van der Waals surface area contributed by atoms with Gasteiger partial charge in [-0.2, -0.15) is 14.6 Å². The number of hydrogen-bond donors (Lipinski definition) is 2. The van der Waals surface area contributed by atoms with Crippen molar-refractivity contribution in [1.82, 2.24) is 15.2 Å². The first kappa shape index (κ1) is 21.4. The minimum absolute atomic E-state index is 0.0415. The minimum Gasteiger partial charge on any atom is -0.465 e. The van der Waals surface area contributed by atoms with Gasteiger partial charge in [-0.15, -0.1) is 0 Å². The summed E-state index contributed by atoms with van der Waals surface area (Å²) in [6, 6.07) is 14.5. The molecule has 0 amide bonds. The lowest BCUT2D eigenvalue weighted by atomic mass is 9.85. The summed E-state index contributed by atoms with van der Waals surface area (Å²) in [5, 5.41) is 15.7. The SMILES string of the molecule is Cc1ccc(-c2cc(F)c3c(c2)C(COC(=N)N)c2cc(-c4cccnc4F)ccc2O3)nn1. The maximum absolute atomic E-state index is 15.2. The Kier molecular flexibility index (Phi) is 5.37. The van der Waals surface area contributed by atoms with Crippen molar-refractivity contribution in [2.24, 2.45) is 5.73 Å². The second kappa shape index (κ2) is 8.51. The number of hydrogen-bond acceptors (Lipinski definition) is 6. The fourth-order valence-electron chi connectivity index (χ4n) is 3.99. The quantitative estimate of drug-likeness (QED) is 0.254. The van der Waals surface area contributed by atoms with E-state index in [1.807, 2.05) is 6.92 Å². The molecule has 0 fully saturated rings. The number of amidine groups is 1. The Morgan fingerprint density at radius 3 is 2.62 bits per heavy atom. The van der Waals surface area contributed by atoms with E-state index < -0.39 is 23.7 Å². The lowest BCUT2D eigenvalue weighted by Crippen LogP contribution is -2.22. The Morgan fingerprint density at radius 1 is 1.06 bits per heavy atom. The first-order chi connectivity index (χ1) is 16.4. The lowest BCUT2D eigenvalue weighted by Gasteiger charge is -2.29. The van der Waals surface area contributed by atoms with Crippen LogP contribution >= 0.6 is 0 Å². The molecule has 1 atom stereocenters. The molecule has 0 bridgehead atoms. The predicted octanol–water partition coefficient (Wildman–Crippen LogP) is 4.94. The molecule has 34 heavy (non-hydrogen) atoms. The Balaban J connectivity index is 1.65. The third-order valence-corrected chi connectivity index (χ3v) is 5.61. The van der Waals surface area contributed by atoms with E-state index in [9.17, 15) is 4.39 Å². The van der Waals surface area contributed by atoms with Crippen LogP contribution in [0.3, 0.4) is 0 Å². The van der Waals surface area contributed by atoms with E-state index in [0.29, 0.717) is 39.3 Å². The van der Waals surface area contributed by atoms with Gasteiger partial charge in [-0.05, 0) is 61.0 Å². The topological polar surface area (TPSA) is 107 Å². The first-order valence-electron chi connectivity index (χ1n) is 10.4. The van der Waals surface area contributed by atoms with E-state index in [0.717, 1.165) is 5.69 Å². The molecule has 5 rings (SSSR count). The number of aromatic nitrogens is 3. The zero-order valence-electron chi connectivity index (χ0n) is 18.0. The maximum Gasteiger partial charge on any atom is 0.279 e. The van der Waals surface area contributed by atoms with Crippen LogP contribution < -0.4 is 10.5 Å². The molecule has 1 aliphatic heterocycles. The molecule has 4 aromatic rings. The highest BCUT2D eigenvalue weighted by Gasteiger charge is 2.32. The van der Waals surface area contributed by atoms with Crippen LogP contribution in [0.4, 0.5) is 8.78 Å². The summed E-state index contributed by atoms with van der Waals surface area (Å²) in [5.74, 6) is -1.28. The zero-order chi connectivity index (χ0) is 23.8. The summed E-state index contributed by atoms with van der Waals surface area (Å²) < 4.78 is 40.8. The number of pyridine rings is 1. The molecular weight excluding hydrogens is 440 g/mol. The first-order valence-corrected chi connectivity index (χ1v) is 10.4. The van der Waals surface area contributed by atoms with E-state index in [1.54, 1.807) is 48.5 Å². The van der Waals surface area contributed by atoms with Crippen LogP contribution in [0.5, 0.6) is 11.5 Å². The number of fused-ring (bicyclic) bond motifs is 2. The fraction of sp³-hybridized carbons (Fsp3) is 0.120. The molecule has 1 aliphatic rings. The molecule has 2 aromatic heterocycles. The van der Waals surface area contributed by atoms with Gasteiger partial charge in [-0.3, -0.25) is 5.41 Å². The Labute approximate surface area is 193 Å². The highest BCUT2D eigenvalue weighted by atomic mass is 19.1. The molecule has 3 N–H and O–H groups in total. The standard InChI is InChI=1S/C25H19F2N5O2/c1-13-4-6-21(32-31-13)15-10-18-19(12-33-25(28)29)17-9-14(16-3-2-8-30-24(16)27)5-7-22(17)34-23(18)20(26)11-15/h2-11,19H,12H2,1H3,(H3,28,29). The number of halogens is 2. The number of nitrogens with one attached hydrogen (secondary N) is 1. The van der Waals surface area contributed by atoms with Crippen LogP contribution in [0.15, 0.2) is 60.8 Å². The van der Waals surface area contributed by atoms with Crippen LogP contribution in [0.2, 0.25) is 0 Å². The monoisotopic (exact) mass is 459 g/mol. The van der Waals surface area contributed by atoms with E-state index >= 15 is 4.39 Å². The molecule has 0 radical (unpaired) electrons. The third kappa shape index (κ3) is 3.92. The number of rotatable bonds is 4. The summed E-state index contributed by atoms with van der Waals surface area (Å²) >= 11 is 0. The Bertz CT molecular complexity index is 1410. The molecule has 3 heterocycles. The minimum atomic E-state index is -0.609. The number of nitrogens with two attached hydrogens (primary N) is 1. The number of ether oxygens (including phenoxy) is 2. The van der Waals surface area contributed by atoms with Gasteiger partial charge >= 0.3 is 0 Å². The molecule has 9 heteroatoms. The largest absolute Gasteiger partial charge is 0.465 e. The van der Waals surface area contributed by atoms with Crippen molar-refractivity contribution in [3.63, 3.8) is 0 Å². The summed E-state index contributed by atoms with van der Waals surface area (Å²) in [7, 11) is 0. The van der Waals surface area contributed by atoms with Gasteiger partial charge in [0.1, 0.15) is 12.4 Å². The Morgan fingerprint density at radius 2 is 1.88 bits per heavy atom. The summed E-state index contributed by atoms with van der Waals surface area (Å²) in [6.07, 6.45) is 1.37. The van der Waals surface area contributed by atoms with Crippen molar-refractivity contribution in [1.29, 1.82) is 5.41 Å². The van der Waals surface area contributed by atoms with Crippen LogP contribution in [-0.2, 0) is 4.74 Å². The van der Waals surface area contributed by atoms with Gasteiger partial charge in [0.05, 0.1) is 17.3 Å². The van der Waals surface area contributed by atoms with Crippen molar-refractivity contribution in [2.75, 3.05) is 6.61 Å². The predicted molar refractivity (Wildman–Crippen MR) is 122 cm³/mol. The highest BCUT2D eigenvalue weighted by Crippen LogP contribution is 2.48. The Hall–Kier alpha value is -4.40. The van der Waals surface area contributed by atoms with Gasteiger partial charge in [0.25, 0.3) is 6.02 Å². The molecule has 170 valence electrons. The lowest BCUT2D eigenvalue weighted by molar-refractivity contribution is 0.273. The highest BCUT2D eigenvalue weighted by molar-refractivity contribution is 5.71. The van der Waals surface area contributed by atoms with Crippen LogP contribution in [0.25, 0.3) is 22.4 Å². The molecule has 0 saturated carbocycles. The van der Waals surface area contributed by atoms with E-state index in [-0.39, 0.29) is 12.4 Å². The third-order valence-electron chi connectivity index (χ3n) is 5.61. The van der Waals surface area contributed by atoms with Crippen molar-refractivity contribution >= 4 is 6.02 Å². The van der Waals surface area contributed by atoms with E-state index in [4.69, 9.17) is 20.6 Å². The molecule has 0 saturated heterocycles. The van der Waals surface area contributed by atoms with Gasteiger partial charge in [0.2, 0.25) is 5.95 Å². The average Bonchev–Trinajstić information content (AvgIpc) is 2.82. The molecular formula is C25H19F2N5O2. The molecule has 7 nitrogen and oxygen atoms in total. The van der Waals surface area contributed by atoms with Gasteiger partial charge in [0, 0.05) is 28.5 Å². The van der Waals surface area contributed by atoms with Gasteiger partial charge in [-0.25, -0.2) is 9.37 Å². The van der Waals surface area contributed by atoms with Gasteiger partial charge in [0.15, 0.2) is 11.6 Å². The van der Waals surface area contributed by atoms with Crippen molar-refractivity contribution in [3.8, 4) is 33.9 Å². The fourth-order valence-corrected chi connectivity index (χ4v) is 3.99. The van der Waals surface area contributed by atoms with Crippen LogP contribution in [-0.4, -0.2) is 27.8 Å². The molecule has 2 aromatic carbocycles. The van der Waals surface area contributed by atoms with Gasteiger partial charge < -0.3 is 15.2 Å². The molecule has 0 spiro atoms. The summed E-state index contributed by atoms with van der Waals surface area (Å²) in [6.45, 7) is 1.77. The van der Waals surface area contributed by atoms with Crippen molar-refractivity contribution in [2.45, 2.75) is 12.8 Å². The normalized spacial score (nSPS) is 14.0. The second-order valence-electron chi connectivity index (χ2n) is 7.86. The van der Waals surface area contributed by atoms with Crippen LogP contribution in [0, 0.1) is 24.1 Å². The summed E-state index contributed by atoms with van der Waals surface area (Å²) in [4.78, 5) is 3.72.